The Morgan fingerprint density at radius 1 is 1.19 bits per heavy atom. The lowest BCUT2D eigenvalue weighted by Gasteiger charge is -2.27. The maximum atomic E-state index is 12.2. The zero-order valence-electron chi connectivity index (χ0n) is 15.0. The van der Waals surface area contributed by atoms with Crippen molar-refractivity contribution in [2.45, 2.75) is 19.9 Å². The minimum atomic E-state index is -0.501. The lowest BCUT2D eigenvalue weighted by Crippen LogP contribution is -2.31. The molecule has 1 atom stereocenters. The molecule has 1 aliphatic rings. The van der Waals surface area contributed by atoms with Crippen LogP contribution < -0.4 is 11.1 Å². The second-order valence-corrected chi connectivity index (χ2v) is 6.60. The Bertz CT molecular complexity index is 1070. The first-order valence-electron chi connectivity index (χ1n) is 8.54. The number of aryl methyl sites for hydroxylation is 1. The van der Waals surface area contributed by atoms with Gasteiger partial charge >= 0.3 is 0 Å². The molecule has 1 aromatic heterocycles. The van der Waals surface area contributed by atoms with E-state index in [0.29, 0.717) is 23.0 Å². The summed E-state index contributed by atoms with van der Waals surface area (Å²) >= 11 is 0. The van der Waals surface area contributed by atoms with Crippen molar-refractivity contribution in [3.05, 3.63) is 70.9 Å². The molecule has 0 saturated carbocycles. The highest BCUT2D eigenvalue weighted by Crippen LogP contribution is 2.36. The van der Waals surface area contributed by atoms with E-state index in [9.17, 15) is 9.90 Å². The number of aromatic nitrogens is 3. The molecule has 0 aliphatic carbocycles. The van der Waals surface area contributed by atoms with Crippen LogP contribution in [0.25, 0.3) is 11.4 Å². The first kappa shape index (κ1) is 16.8. The van der Waals surface area contributed by atoms with Crippen molar-refractivity contribution in [3.8, 4) is 17.1 Å². The summed E-state index contributed by atoms with van der Waals surface area (Å²) < 4.78 is 1.68. The number of phenols is 1. The minimum absolute atomic E-state index is 0.173. The molecule has 4 N–H and O–H groups in total. The molecule has 0 radical (unpaired) electrons. The molecule has 0 fully saturated rings. The highest BCUT2D eigenvalue weighted by molar-refractivity contribution is 5.95. The molecule has 4 rings (SSSR count). The predicted molar refractivity (Wildman–Crippen MR) is 102 cm³/mol. The van der Waals surface area contributed by atoms with Crippen molar-refractivity contribution in [2.75, 3.05) is 5.32 Å². The van der Waals surface area contributed by atoms with Crippen LogP contribution in [-0.2, 0) is 4.79 Å². The smallest absolute Gasteiger partial charge is 0.248 e. The number of hydrogen-bond donors (Lipinski definition) is 3. The first-order chi connectivity index (χ1) is 12.9. The quantitative estimate of drug-likeness (QED) is 0.665. The molecule has 3 aromatic rings. The normalized spacial score (nSPS) is 16.0. The van der Waals surface area contributed by atoms with E-state index in [0.717, 1.165) is 16.7 Å². The Labute approximate surface area is 156 Å². The van der Waals surface area contributed by atoms with Gasteiger partial charge in [-0.15, -0.1) is 5.10 Å². The van der Waals surface area contributed by atoms with E-state index < -0.39 is 11.9 Å². The van der Waals surface area contributed by atoms with Gasteiger partial charge < -0.3 is 16.2 Å². The van der Waals surface area contributed by atoms with E-state index in [4.69, 9.17) is 5.73 Å². The number of anilines is 1. The average Bonchev–Trinajstić information content (AvgIpc) is 3.04. The molecule has 7 nitrogen and oxygen atoms in total. The van der Waals surface area contributed by atoms with Crippen LogP contribution in [-0.4, -0.2) is 25.8 Å². The van der Waals surface area contributed by atoms with Gasteiger partial charge in [0.2, 0.25) is 11.9 Å². The van der Waals surface area contributed by atoms with Crippen LogP contribution >= 0.6 is 0 Å². The third kappa shape index (κ3) is 2.93. The van der Waals surface area contributed by atoms with Crippen LogP contribution in [0.2, 0.25) is 0 Å². The van der Waals surface area contributed by atoms with Gasteiger partial charge in [-0.05, 0) is 43.7 Å². The number of amides is 1. The minimum Gasteiger partial charge on any atom is -0.508 e. The SMILES string of the molecule is CC1=C(C(N)=O)C(c2cccc(C)c2)n2nc(-c3ccc(O)cc3)nc2N1. The molecular weight excluding hydrogens is 342 g/mol. The molecule has 7 heteroatoms. The van der Waals surface area contributed by atoms with Gasteiger partial charge in [0.25, 0.3) is 0 Å². The predicted octanol–water partition coefficient (Wildman–Crippen LogP) is 2.73. The largest absolute Gasteiger partial charge is 0.508 e. The van der Waals surface area contributed by atoms with Crippen LogP contribution in [0.5, 0.6) is 5.75 Å². The second kappa shape index (κ2) is 6.28. The van der Waals surface area contributed by atoms with Crippen molar-refractivity contribution < 1.29 is 9.90 Å². The van der Waals surface area contributed by atoms with E-state index in [1.54, 1.807) is 35.9 Å². The van der Waals surface area contributed by atoms with Crippen molar-refractivity contribution in [2.24, 2.45) is 5.73 Å². The fraction of sp³-hybridized carbons (Fsp3) is 0.150. The van der Waals surface area contributed by atoms with Crippen LogP contribution in [0.15, 0.2) is 59.8 Å². The highest BCUT2D eigenvalue weighted by Gasteiger charge is 2.33. The number of nitrogens with one attached hydrogen (secondary N) is 1. The van der Waals surface area contributed by atoms with E-state index >= 15 is 0 Å². The Morgan fingerprint density at radius 2 is 1.93 bits per heavy atom. The lowest BCUT2D eigenvalue weighted by molar-refractivity contribution is -0.115. The molecule has 1 unspecified atom stereocenters. The molecule has 2 heterocycles. The molecule has 136 valence electrons. The Hall–Kier alpha value is -3.61. The molecule has 0 saturated heterocycles. The number of carbonyl (C=O) groups excluding carboxylic acids is 1. The summed E-state index contributed by atoms with van der Waals surface area (Å²) in [5, 5.41) is 17.2. The molecule has 1 aliphatic heterocycles. The lowest BCUT2D eigenvalue weighted by atomic mass is 9.94. The van der Waals surface area contributed by atoms with Crippen molar-refractivity contribution in [1.82, 2.24) is 14.8 Å². The molecular formula is C20H19N5O2. The Balaban J connectivity index is 1.88. The summed E-state index contributed by atoms with van der Waals surface area (Å²) in [6.45, 7) is 3.80. The van der Waals surface area contributed by atoms with Crippen molar-refractivity contribution in [1.29, 1.82) is 0 Å². The zero-order chi connectivity index (χ0) is 19.1. The van der Waals surface area contributed by atoms with Gasteiger partial charge in [-0.3, -0.25) is 4.79 Å². The fourth-order valence-corrected chi connectivity index (χ4v) is 3.35. The van der Waals surface area contributed by atoms with Gasteiger partial charge in [0.1, 0.15) is 11.8 Å². The summed E-state index contributed by atoms with van der Waals surface area (Å²) in [4.78, 5) is 16.8. The fourth-order valence-electron chi connectivity index (χ4n) is 3.35. The number of hydrogen-bond acceptors (Lipinski definition) is 5. The van der Waals surface area contributed by atoms with Gasteiger partial charge in [-0.25, -0.2) is 4.68 Å². The second-order valence-electron chi connectivity index (χ2n) is 6.60. The maximum Gasteiger partial charge on any atom is 0.248 e. The van der Waals surface area contributed by atoms with Gasteiger partial charge in [0, 0.05) is 11.3 Å². The number of phenolic OH excluding ortho intramolecular Hbond substituents is 1. The summed E-state index contributed by atoms with van der Waals surface area (Å²) in [5.74, 6) is 0.701. The van der Waals surface area contributed by atoms with Gasteiger partial charge in [-0.1, -0.05) is 29.8 Å². The average molecular weight is 361 g/mol. The van der Waals surface area contributed by atoms with Crippen LogP contribution in [0.3, 0.4) is 0 Å². The third-order valence-electron chi connectivity index (χ3n) is 4.60. The van der Waals surface area contributed by atoms with Crippen LogP contribution in [0, 0.1) is 6.92 Å². The number of rotatable bonds is 3. The Kier molecular flexibility index (Phi) is 3.92. The number of fused-ring (bicyclic) bond motifs is 1. The molecule has 27 heavy (non-hydrogen) atoms. The maximum absolute atomic E-state index is 12.2. The van der Waals surface area contributed by atoms with E-state index in [1.165, 1.54) is 0 Å². The standard InChI is InChI=1S/C20H19N5O2/c1-11-4-3-5-14(10-11)17-16(18(21)27)12(2)22-20-23-19(24-25(17)20)13-6-8-15(26)9-7-13/h3-10,17,26H,1-2H3,(H2,21,27)(H,22,23,24). The number of nitrogens with zero attached hydrogens (tertiary/aromatic N) is 3. The zero-order valence-corrected chi connectivity index (χ0v) is 15.0. The van der Waals surface area contributed by atoms with Gasteiger partial charge in [0.05, 0.1) is 5.57 Å². The van der Waals surface area contributed by atoms with E-state index in [1.807, 2.05) is 31.2 Å². The monoisotopic (exact) mass is 361 g/mol. The number of carbonyl (C=O) groups is 1. The molecule has 1 amide bonds. The first-order valence-corrected chi connectivity index (χ1v) is 8.54. The number of allylic oxidation sites excluding steroid dienone is 1. The molecule has 0 bridgehead atoms. The van der Waals surface area contributed by atoms with E-state index in [-0.39, 0.29) is 5.75 Å². The number of aromatic hydroxyl groups is 1. The van der Waals surface area contributed by atoms with Gasteiger partial charge in [-0.2, -0.15) is 4.98 Å². The third-order valence-corrected chi connectivity index (χ3v) is 4.60. The van der Waals surface area contributed by atoms with Gasteiger partial charge in [0.15, 0.2) is 5.82 Å². The topological polar surface area (TPSA) is 106 Å². The number of primary amides is 1. The van der Waals surface area contributed by atoms with Crippen molar-refractivity contribution >= 4 is 11.9 Å². The number of nitrogens with two attached hydrogens (primary N) is 1. The summed E-state index contributed by atoms with van der Waals surface area (Å²) in [7, 11) is 0. The summed E-state index contributed by atoms with van der Waals surface area (Å²) in [6.07, 6.45) is 0. The molecule has 0 spiro atoms. The van der Waals surface area contributed by atoms with Crippen LogP contribution in [0.1, 0.15) is 24.1 Å². The van der Waals surface area contributed by atoms with E-state index in [2.05, 4.69) is 15.4 Å². The number of benzene rings is 2. The summed E-state index contributed by atoms with van der Waals surface area (Å²) in [5.41, 5.74) is 9.55. The highest BCUT2D eigenvalue weighted by atomic mass is 16.3. The van der Waals surface area contributed by atoms with Crippen molar-refractivity contribution in [3.63, 3.8) is 0 Å². The summed E-state index contributed by atoms with van der Waals surface area (Å²) in [6, 6.07) is 14.1. The molecule has 2 aromatic carbocycles. The van der Waals surface area contributed by atoms with Crippen LogP contribution in [0.4, 0.5) is 5.95 Å². The Morgan fingerprint density at radius 3 is 2.59 bits per heavy atom.